The van der Waals surface area contributed by atoms with Gasteiger partial charge in [-0.2, -0.15) is 26.7 Å². The standard InChI is InChI=1S/C13H26N6OS/c1-4-6-14-11-16-12(18-13(17-11)19(2)3)15-7-10-21-9-5-8-20/h20H,4-10H2,1-3H3,(H2,14,15,16,17,18). The van der Waals surface area contributed by atoms with Crippen LogP contribution >= 0.6 is 11.8 Å². The second-order valence-electron chi connectivity index (χ2n) is 4.72. The van der Waals surface area contributed by atoms with E-state index in [9.17, 15) is 0 Å². The average molecular weight is 314 g/mol. The third kappa shape index (κ3) is 7.33. The minimum Gasteiger partial charge on any atom is -0.396 e. The Balaban J connectivity index is 2.52. The van der Waals surface area contributed by atoms with Crippen molar-refractivity contribution in [2.45, 2.75) is 19.8 Å². The topological polar surface area (TPSA) is 86.2 Å². The number of anilines is 3. The Morgan fingerprint density at radius 1 is 1.05 bits per heavy atom. The molecule has 7 nitrogen and oxygen atoms in total. The molecule has 1 heterocycles. The van der Waals surface area contributed by atoms with Crippen molar-refractivity contribution >= 4 is 29.6 Å². The summed E-state index contributed by atoms with van der Waals surface area (Å²) in [7, 11) is 3.82. The summed E-state index contributed by atoms with van der Waals surface area (Å²) in [6, 6.07) is 0. The van der Waals surface area contributed by atoms with Crippen molar-refractivity contribution in [2.24, 2.45) is 0 Å². The van der Waals surface area contributed by atoms with Gasteiger partial charge in [0.25, 0.3) is 0 Å². The van der Waals surface area contributed by atoms with Crippen LogP contribution in [-0.4, -0.2) is 65.4 Å². The minimum absolute atomic E-state index is 0.256. The highest BCUT2D eigenvalue weighted by atomic mass is 32.2. The molecule has 1 rings (SSSR count). The van der Waals surface area contributed by atoms with Crippen molar-refractivity contribution in [3.05, 3.63) is 0 Å². The van der Waals surface area contributed by atoms with Gasteiger partial charge in [0.2, 0.25) is 17.8 Å². The van der Waals surface area contributed by atoms with E-state index in [2.05, 4.69) is 32.5 Å². The van der Waals surface area contributed by atoms with Crippen LogP contribution in [-0.2, 0) is 0 Å². The van der Waals surface area contributed by atoms with Gasteiger partial charge in [-0.3, -0.25) is 0 Å². The molecule has 0 amide bonds. The predicted molar refractivity (Wildman–Crippen MR) is 90.5 cm³/mol. The zero-order valence-corrected chi connectivity index (χ0v) is 13.9. The molecule has 0 saturated carbocycles. The number of nitrogens with zero attached hydrogens (tertiary/aromatic N) is 4. The fraction of sp³-hybridized carbons (Fsp3) is 0.769. The van der Waals surface area contributed by atoms with Crippen molar-refractivity contribution in [1.29, 1.82) is 0 Å². The molecule has 0 fully saturated rings. The van der Waals surface area contributed by atoms with Gasteiger partial charge in [-0.25, -0.2) is 0 Å². The van der Waals surface area contributed by atoms with Crippen LogP contribution in [0.15, 0.2) is 0 Å². The Morgan fingerprint density at radius 2 is 1.71 bits per heavy atom. The second-order valence-corrected chi connectivity index (χ2v) is 5.94. The van der Waals surface area contributed by atoms with E-state index in [0.29, 0.717) is 17.8 Å². The molecule has 0 bridgehead atoms. The third-order valence-corrected chi connectivity index (χ3v) is 3.60. The quantitative estimate of drug-likeness (QED) is 0.527. The van der Waals surface area contributed by atoms with Gasteiger partial charge in [-0.15, -0.1) is 0 Å². The summed E-state index contributed by atoms with van der Waals surface area (Å²) in [6.07, 6.45) is 1.86. The van der Waals surface area contributed by atoms with Crippen molar-refractivity contribution in [3.8, 4) is 0 Å². The maximum absolute atomic E-state index is 8.72. The minimum atomic E-state index is 0.256. The van der Waals surface area contributed by atoms with Crippen LogP contribution in [0.5, 0.6) is 0 Å². The average Bonchev–Trinajstić information content (AvgIpc) is 2.48. The molecule has 0 aliphatic carbocycles. The van der Waals surface area contributed by atoms with Crippen LogP contribution < -0.4 is 15.5 Å². The van der Waals surface area contributed by atoms with Crippen molar-refractivity contribution in [3.63, 3.8) is 0 Å². The van der Waals surface area contributed by atoms with Crippen molar-refractivity contribution in [1.82, 2.24) is 15.0 Å². The highest BCUT2D eigenvalue weighted by molar-refractivity contribution is 7.99. The summed E-state index contributed by atoms with van der Waals surface area (Å²) < 4.78 is 0. The number of aromatic nitrogens is 3. The molecule has 0 aliphatic rings. The maximum atomic E-state index is 8.72. The molecule has 0 atom stereocenters. The molecule has 8 heteroatoms. The van der Waals surface area contributed by atoms with Crippen LogP contribution in [0, 0.1) is 0 Å². The normalized spacial score (nSPS) is 10.5. The number of thioether (sulfide) groups is 1. The van der Waals surface area contributed by atoms with Gasteiger partial charge in [-0.1, -0.05) is 6.92 Å². The first-order valence-corrected chi connectivity index (χ1v) is 8.42. The number of aliphatic hydroxyl groups is 1. The molecular formula is C13H26N6OS. The van der Waals surface area contributed by atoms with Crippen molar-refractivity contribution < 1.29 is 5.11 Å². The molecule has 1 aromatic heterocycles. The number of aliphatic hydroxyl groups excluding tert-OH is 1. The predicted octanol–water partition coefficient (Wildman–Crippen LogP) is 1.29. The smallest absolute Gasteiger partial charge is 0.231 e. The first-order chi connectivity index (χ1) is 10.2. The van der Waals surface area contributed by atoms with Gasteiger partial charge in [0, 0.05) is 39.5 Å². The molecule has 0 aliphatic heterocycles. The van der Waals surface area contributed by atoms with Crippen molar-refractivity contribution in [2.75, 3.05) is 60.8 Å². The fourth-order valence-electron chi connectivity index (χ4n) is 1.46. The molecule has 120 valence electrons. The van der Waals surface area contributed by atoms with Crippen LogP contribution in [0.2, 0.25) is 0 Å². The zero-order valence-electron chi connectivity index (χ0n) is 13.1. The van der Waals surface area contributed by atoms with Crippen LogP contribution in [0.25, 0.3) is 0 Å². The lowest BCUT2D eigenvalue weighted by Gasteiger charge is -2.14. The fourth-order valence-corrected chi connectivity index (χ4v) is 2.25. The number of nitrogens with one attached hydrogen (secondary N) is 2. The Hall–Kier alpha value is -1.28. The molecule has 0 saturated heterocycles. The van der Waals surface area contributed by atoms with Gasteiger partial charge in [0.05, 0.1) is 0 Å². The summed E-state index contributed by atoms with van der Waals surface area (Å²) in [6.45, 7) is 3.99. The first kappa shape index (κ1) is 17.8. The van der Waals surface area contributed by atoms with E-state index in [4.69, 9.17) is 5.11 Å². The molecule has 0 unspecified atom stereocenters. The van der Waals surface area contributed by atoms with Gasteiger partial charge < -0.3 is 20.6 Å². The van der Waals surface area contributed by atoms with E-state index < -0.39 is 0 Å². The molecule has 0 spiro atoms. The zero-order chi connectivity index (χ0) is 15.5. The molecule has 1 aromatic rings. The van der Waals surface area contributed by atoms with Gasteiger partial charge >= 0.3 is 0 Å². The van der Waals surface area contributed by atoms with E-state index in [1.807, 2.05) is 19.0 Å². The number of hydrogen-bond donors (Lipinski definition) is 3. The lowest BCUT2D eigenvalue weighted by molar-refractivity contribution is 0.296. The van der Waals surface area contributed by atoms with E-state index in [-0.39, 0.29) is 6.61 Å². The lowest BCUT2D eigenvalue weighted by atomic mass is 10.5. The Bertz CT molecular complexity index is 404. The highest BCUT2D eigenvalue weighted by Gasteiger charge is 2.07. The Morgan fingerprint density at radius 3 is 2.29 bits per heavy atom. The molecular weight excluding hydrogens is 288 g/mol. The monoisotopic (exact) mass is 314 g/mol. The summed E-state index contributed by atoms with van der Waals surface area (Å²) in [4.78, 5) is 15.0. The Kier molecular flexibility index (Phi) is 8.84. The number of rotatable bonds is 11. The molecule has 21 heavy (non-hydrogen) atoms. The van der Waals surface area contributed by atoms with E-state index in [1.165, 1.54) is 0 Å². The highest BCUT2D eigenvalue weighted by Crippen LogP contribution is 2.11. The third-order valence-electron chi connectivity index (χ3n) is 2.53. The Labute approximate surface area is 131 Å². The lowest BCUT2D eigenvalue weighted by Crippen LogP contribution is -2.18. The SMILES string of the molecule is CCCNc1nc(NCCSCCCO)nc(N(C)C)n1. The van der Waals surface area contributed by atoms with E-state index >= 15 is 0 Å². The second kappa shape index (κ2) is 10.4. The number of hydrogen-bond acceptors (Lipinski definition) is 8. The molecule has 0 aromatic carbocycles. The molecule has 0 radical (unpaired) electrons. The summed E-state index contributed by atoms with van der Waals surface area (Å²) in [5, 5.41) is 15.1. The summed E-state index contributed by atoms with van der Waals surface area (Å²) in [5.74, 6) is 3.77. The van der Waals surface area contributed by atoms with Gasteiger partial charge in [-0.05, 0) is 18.6 Å². The van der Waals surface area contributed by atoms with Crippen LogP contribution in [0.4, 0.5) is 17.8 Å². The largest absolute Gasteiger partial charge is 0.396 e. The van der Waals surface area contributed by atoms with E-state index in [1.54, 1.807) is 11.8 Å². The summed E-state index contributed by atoms with van der Waals surface area (Å²) in [5.41, 5.74) is 0. The maximum Gasteiger partial charge on any atom is 0.231 e. The summed E-state index contributed by atoms with van der Waals surface area (Å²) >= 11 is 1.81. The van der Waals surface area contributed by atoms with Crippen LogP contribution in [0.1, 0.15) is 19.8 Å². The first-order valence-electron chi connectivity index (χ1n) is 7.27. The van der Waals surface area contributed by atoms with E-state index in [0.717, 1.165) is 37.4 Å². The van der Waals surface area contributed by atoms with Gasteiger partial charge in [0.1, 0.15) is 0 Å². The van der Waals surface area contributed by atoms with Gasteiger partial charge in [0.15, 0.2) is 0 Å². The molecule has 3 N–H and O–H groups in total. The van der Waals surface area contributed by atoms with Crippen LogP contribution in [0.3, 0.4) is 0 Å².